The molecule has 86 valence electrons. The van der Waals surface area contributed by atoms with Crippen molar-refractivity contribution in [2.24, 2.45) is 5.73 Å². The zero-order valence-electron chi connectivity index (χ0n) is 9.26. The predicted octanol–water partition coefficient (Wildman–Crippen LogP) is 1.98. The molecule has 0 saturated heterocycles. The summed E-state index contributed by atoms with van der Waals surface area (Å²) in [7, 11) is 0. The van der Waals surface area contributed by atoms with Crippen LogP contribution in [0.15, 0.2) is 36.4 Å². The molecule has 0 atom stereocenters. The third-order valence-electron chi connectivity index (χ3n) is 2.01. The number of allylic oxidation sites excluding steroid dienone is 1. The maximum absolute atomic E-state index is 11.1. The minimum atomic E-state index is -0.192. The SMILES string of the molecule is NCCOC(=O)CCC=Cc1ccccc1. The molecule has 0 heterocycles. The highest BCUT2D eigenvalue weighted by molar-refractivity contribution is 5.69. The van der Waals surface area contributed by atoms with Gasteiger partial charge in [-0.05, 0) is 12.0 Å². The fourth-order valence-corrected chi connectivity index (χ4v) is 1.23. The molecule has 0 fully saturated rings. The molecule has 0 spiro atoms. The molecule has 1 rings (SSSR count). The van der Waals surface area contributed by atoms with E-state index in [2.05, 4.69) is 0 Å². The fourth-order valence-electron chi connectivity index (χ4n) is 1.23. The highest BCUT2D eigenvalue weighted by Crippen LogP contribution is 2.03. The zero-order chi connectivity index (χ0) is 11.6. The van der Waals surface area contributed by atoms with Gasteiger partial charge in [-0.3, -0.25) is 4.79 Å². The Morgan fingerprint density at radius 3 is 2.75 bits per heavy atom. The molecule has 3 heteroatoms. The topological polar surface area (TPSA) is 52.3 Å². The van der Waals surface area contributed by atoms with Crippen LogP contribution in [0.25, 0.3) is 6.08 Å². The van der Waals surface area contributed by atoms with Gasteiger partial charge < -0.3 is 10.5 Å². The van der Waals surface area contributed by atoms with Crippen molar-refractivity contribution in [2.75, 3.05) is 13.2 Å². The van der Waals surface area contributed by atoms with Crippen LogP contribution in [0.4, 0.5) is 0 Å². The van der Waals surface area contributed by atoms with Crippen molar-refractivity contribution in [3.63, 3.8) is 0 Å². The summed E-state index contributed by atoms with van der Waals surface area (Å²) in [5, 5.41) is 0. The molecule has 1 aromatic carbocycles. The van der Waals surface area contributed by atoms with Crippen molar-refractivity contribution in [3.8, 4) is 0 Å². The molecule has 0 aliphatic rings. The van der Waals surface area contributed by atoms with Crippen molar-refractivity contribution >= 4 is 12.0 Å². The molecule has 3 nitrogen and oxygen atoms in total. The standard InChI is InChI=1S/C13H17NO2/c14-10-11-16-13(15)9-5-4-8-12-6-2-1-3-7-12/h1-4,6-8H,5,9-11,14H2. The van der Waals surface area contributed by atoms with Crippen LogP contribution in [0.1, 0.15) is 18.4 Å². The summed E-state index contributed by atoms with van der Waals surface area (Å²) in [6.07, 6.45) is 5.07. The minimum absolute atomic E-state index is 0.192. The van der Waals surface area contributed by atoms with E-state index in [0.29, 0.717) is 26.0 Å². The first-order chi connectivity index (χ1) is 7.83. The first-order valence-electron chi connectivity index (χ1n) is 5.40. The Balaban J connectivity index is 2.20. The van der Waals surface area contributed by atoms with E-state index in [1.807, 2.05) is 42.5 Å². The van der Waals surface area contributed by atoms with Gasteiger partial charge in [0.05, 0.1) is 0 Å². The molecule has 0 unspecified atom stereocenters. The molecule has 0 aliphatic carbocycles. The average Bonchev–Trinajstić information content (AvgIpc) is 2.33. The molecule has 0 amide bonds. The second-order valence-corrected chi connectivity index (χ2v) is 3.36. The summed E-state index contributed by atoms with van der Waals surface area (Å²) >= 11 is 0. The van der Waals surface area contributed by atoms with E-state index in [1.54, 1.807) is 0 Å². The Kier molecular flexibility index (Phi) is 5.96. The average molecular weight is 219 g/mol. The van der Waals surface area contributed by atoms with Crippen LogP contribution >= 0.6 is 0 Å². The van der Waals surface area contributed by atoms with Gasteiger partial charge in [-0.1, -0.05) is 42.5 Å². The summed E-state index contributed by atoms with van der Waals surface area (Å²) in [5.74, 6) is -0.192. The second-order valence-electron chi connectivity index (χ2n) is 3.36. The van der Waals surface area contributed by atoms with Crippen molar-refractivity contribution in [3.05, 3.63) is 42.0 Å². The molecule has 0 aromatic heterocycles. The van der Waals surface area contributed by atoms with E-state index in [4.69, 9.17) is 10.5 Å². The van der Waals surface area contributed by atoms with E-state index in [-0.39, 0.29) is 5.97 Å². The van der Waals surface area contributed by atoms with Crippen LogP contribution in [0, 0.1) is 0 Å². The maximum atomic E-state index is 11.1. The lowest BCUT2D eigenvalue weighted by Gasteiger charge is -2.00. The van der Waals surface area contributed by atoms with Gasteiger partial charge in [-0.25, -0.2) is 0 Å². The Morgan fingerprint density at radius 2 is 2.06 bits per heavy atom. The van der Waals surface area contributed by atoms with Crippen LogP contribution in [0.3, 0.4) is 0 Å². The van der Waals surface area contributed by atoms with E-state index >= 15 is 0 Å². The Morgan fingerprint density at radius 1 is 1.31 bits per heavy atom. The number of hydrogen-bond donors (Lipinski definition) is 1. The van der Waals surface area contributed by atoms with E-state index < -0.39 is 0 Å². The summed E-state index contributed by atoms with van der Waals surface area (Å²) < 4.78 is 4.85. The number of hydrogen-bond acceptors (Lipinski definition) is 3. The third-order valence-corrected chi connectivity index (χ3v) is 2.01. The second kappa shape index (κ2) is 7.65. The first-order valence-corrected chi connectivity index (χ1v) is 5.40. The number of carbonyl (C=O) groups excluding carboxylic acids is 1. The third kappa shape index (κ3) is 5.32. The lowest BCUT2D eigenvalue weighted by atomic mass is 10.2. The first kappa shape index (κ1) is 12.5. The van der Waals surface area contributed by atoms with Crippen molar-refractivity contribution in [1.29, 1.82) is 0 Å². The van der Waals surface area contributed by atoms with Gasteiger partial charge >= 0.3 is 5.97 Å². The summed E-state index contributed by atoms with van der Waals surface area (Å²) in [6, 6.07) is 9.97. The van der Waals surface area contributed by atoms with E-state index in [0.717, 1.165) is 5.56 Å². The molecule has 0 radical (unpaired) electrons. The minimum Gasteiger partial charge on any atom is -0.464 e. The van der Waals surface area contributed by atoms with Gasteiger partial charge in [-0.15, -0.1) is 0 Å². The van der Waals surface area contributed by atoms with Gasteiger partial charge in [0, 0.05) is 13.0 Å². The van der Waals surface area contributed by atoms with Gasteiger partial charge in [-0.2, -0.15) is 0 Å². The normalized spacial score (nSPS) is 10.6. The van der Waals surface area contributed by atoms with Crippen molar-refractivity contribution < 1.29 is 9.53 Å². The predicted molar refractivity (Wildman–Crippen MR) is 64.7 cm³/mol. The molecular weight excluding hydrogens is 202 g/mol. The summed E-state index contributed by atoms with van der Waals surface area (Å²) in [4.78, 5) is 11.1. The molecule has 0 bridgehead atoms. The van der Waals surface area contributed by atoms with E-state index in [9.17, 15) is 4.79 Å². The number of ether oxygens (including phenoxy) is 1. The molecule has 0 aliphatic heterocycles. The number of nitrogens with two attached hydrogens (primary N) is 1. The van der Waals surface area contributed by atoms with Crippen molar-refractivity contribution in [1.82, 2.24) is 0 Å². The van der Waals surface area contributed by atoms with Gasteiger partial charge in [0.25, 0.3) is 0 Å². The highest BCUT2D eigenvalue weighted by atomic mass is 16.5. The smallest absolute Gasteiger partial charge is 0.306 e. The van der Waals surface area contributed by atoms with Gasteiger partial charge in [0.1, 0.15) is 6.61 Å². The Labute approximate surface area is 95.9 Å². The molecule has 0 saturated carbocycles. The summed E-state index contributed by atoms with van der Waals surface area (Å²) in [5.41, 5.74) is 6.35. The number of esters is 1. The van der Waals surface area contributed by atoms with Gasteiger partial charge in [0.2, 0.25) is 0 Å². The molecule has 16 heavy (non-hydrogen) atoms. The monoisotopic (exact) mass is 219 g/mol. The lowest BCUT2D eigenvalue weighted by Crippen LogP contribution is -2.12. The molecular formula is C13H17NO2. The van der Waals surface area contributed by atoms with Crippen LogP contribution < -0.4 is 5.73 Å². The number of benzene rings is 1. The fraction of sp³-hybridized carbons (Fsp3) is 0.308. The van der Waals surface area contributed by atoms with Crippen LogP contribution in [-0.2, 0) is 9.53 Å². The highest BCUT2D eigenvalue weighted by Gasteiger charge is 1.98. The Hall–Kier alpha value is -1.61. The number of rotatable bonds is 6. The summed E-state index contributed by atoms with van der Waals surface area (Å²) in [6.45, 7) is 0.687. The maximum Gasteiger partial charge on any atom is 0.306 e. The number of carbonyl (C=O) groups is 1. The van der Waals surface area contributed by atoms with Crippen LogP contribution in [0.2, 0.25) is 0 Å². The van der Waals surface area contributed by atoms with Gasteiger partial charge in [0.15, 0.2) is 0 Å². The largest absolute Gasteiger partial charge is 0.464 e. The van der Waals surface area contributed by atoms with Crippen LogP contribution in [-0.4, -0.2) is 19.1 Å². The lowest BCUT2D eigenvalue weighted by molar-refractivity contribution is -0.143. The quantitative estimate of drug-likeness (QED) is 0.744. The van der Waals surface area contributed by atoms with E-state index in [1.165, 1.54) is 0 Å². The van der Waals surface area contributed by atoms with Crippen molar-refractivity contribution in [2.45, 2.75) is 12.8 Å². The van der Waals surface area contributed by atoms with Crippen LogP contribution in [0.5, 0.6) is 0 Å². The Bertz CT molecular complexity index is 333. The molecule has 2 N–H and O–H groups in total. The zero-order valence-corrected chi connectivity index (χ0v) is 9.26. The molecule has 1 aromatic rings.